The third-order valence-corrected chi connectivity index (χ3v) is 8.41. The number of carbonyl (C=O) groups excluding carboxylic acids is 2. The van der Waals surface area contributed by atoms with Gasteiger partial charge in [-0.2, -0.15) is 0 Å². The topological polar surface area (TPSA) is 91.3 Å². The monoisotopic (exact) mass is 624 g/mol. The first-order valence-corrected chi connectivity index (χ1v) is 17.0. The van der Waals surface area contributed by atoms with Crippen LogP contribution in [0.2, 0.25) is 0 Å². The summed E-state index contributed by atoms with van der Waals surface area (Å²) < 4.78 is 2.17. The second kappa shape index (κ2) is 18.2. The maximum atomic E-state index is 13.7. The Hall–Kier alpha value is -4.01. The number of aryl methyl sites for hydroxylation is 1. The van der Waals surface area contributed by atoms with E-state index in [-0.39, 0.29) is 17.9 Å². The van der Waals surface area contributed by atoms with Crippen LogP contribution in [0.4, 0.5) is 0 Å². The normalized spacial score (nSPS) is 12.7. The van der Waals surface area contributed by atoms with Crippen molar-refractivity contribution in [1.82, 2.24) is 30.4 Å². The number of imidazole rings is 1. The zero-order chi connectivity index (χ0) is 32.7. The van der Waals surface area contributed by atoms with E-state index in [1.807, 2.05) is 61.8 Å². The molecule has 0 saturated carbocycles. The molecule has 1 aromatic heterocycles. The molecular weight excluding hydrogens is 572 g/mol. The van der Waals surface area contributed by atoms with Crippen molar-refractivity contribution in [3.8, 4) is 0 Å². The van der Waals surface area contributed by atoms with Crippen LogP contribution in [0.15, 0.2) is 79.1 Å². The summed E-state index contributed by atoms with van der Waals surface area (Å²) in [4.78, 5) is 34.1. The molecule has 0 fully saturated rings. The Labute approximate surface area is 275 Å². The fraction of sp³-hybridized carbons (Fsp3) is 0.447. The molecule has 1 heterocycles. The third kappa shape index (κ3) is 9.99. The van der Waals surface area contributed by atoms with Crippen LogP contribution >= 0.6 is 0 Å². The number of hydrogen-bond acceptors (Lipinski definition) is 5. The van der Waals surface area contributed by atoms with E-state index in [9.17, 15) is 9.59 Å². The van der Waals surface area contributed by atoms with Gasteiger partial charge in [-0.1, -0.05) is 75.4 Å². The van der Waals surface area contributed by atoms with Gasteiger partial charge in [0.25, 0.3) is 5.91 Å². The van der Waals surface area contributed by atoms with Crippen LogP contribution in [0.5, 0.6) is 0 Å². The van der Waals surface area contributed by atoms with Crippen molar-refractivity contribution in [3.63, 3.8) is 0 Å². The van der Waals surface area contributed by atoms with Crippen molar-refractivity contribution in [3.05, 3.63) is 102 Å². The van der Waals surface area contributed by atoms with Crippen molar-refractivity contribution < 1.29 is 9.59 Å². The number of fused-ring (bicyclic) bond motifs is 1. The Morgan fingerprint density at radius 2 is 1.59 bits per heavy atom. The lowest BCUT2D eigenvalue weighted by molar-refractivity contribution is -0.123. The summed E-state index contributed by atoms with van der Waals surface area (Å²) in [5, 5.41) is 12.0. The van der Waals surface area contributed by atoms with Gasteiger partial charge in [0.2, 0.25) is 5.91 Å². The highest BCUT2D eigenvalue weighted by Gasteiger charge is 2.24. The Balaban J connectivity index is 1.39. The van der Waals surface area contributed by atoms with Crippen LogP contribution < -0.4 is 16.0 Å². The van der Waals surface area contributed by atoms with Gasteiger partial charge >= 0.3 is 0 Å². The molecular formula is C38H52N6O2. The Morgan fingerprint density at radius 3 is 2.33 bits per heavy atom. The van der Waals surface area contributed by atoms with E-state index in [2.05, 4.69) is 75.4 Å². The average molecular weight is 625 g/mol. The molecule has 4 aromatic rings. The standard InChI is InChI=1S/C38H52N6O2/c1-5-22-43(23-6-2)25-11-16-35(38(46)41-29(4)33-15-10-13-31-12-8-9-14-34(31)33)42-37(45)32-19-17-30(18-20-32)27-39-28-36-40-21-26-44(36)24-7-3/h8-10,12-15,17-21,26,29,35,39H,5-7,11,16,22-25,27-28H2,1-4H3,(H,41,46)(H,42,45)/t29-,35-/m0/s1. The van der Waals surface area contributed by atoms with E-state index in [0.29, 0.717) is 25.1 Å². The predicted molar refractivity (Wildman–Crippen MR) is 188 cm³/mol. The smallest absolute Gasteiger partial charge is 0.251 e. The molecule has 0 bridgehead atoms. The summed E-state index contributed by atoms with van der Waals surface area (Å²) in [5.41, 5.74) is 2.68. The summed E-state index contributed by atoms with van der Waals surface area (Å²) in [6.07, 6.45) is 8.49. The van der Waals surface area contributed by atoms with Crippen molar-refractivity contribution in [1.29, 1.82) is 0 Å². The highest BCUT2D eigenvalue weighted by molar-refractivity contribution is 5.97. The van der Waals surface area contributed by atoms with E-state index in [4.69, 9.17) is 0 Å². The van der Waals surface area contributed by atoms with E-state index in [1.165, 1.54) is 0 Å². The first-order chi connectivity index (χ1) is 22.4. The van der Waals surface area contributed by atoms with Gasteiger partial charge in [0.05, 0.1) is 12.6 Å². The van der Waals surface area contributed by atoms with E-state index < -0.39 is 6.04 Å². The number of hydrogen-bond donors (Lipinski definition) is 3. The maximum Gasteiger partial charge on any atom is 0.251 e. The minimum atomic E-state index is -0.636. The molecule has 0 aliphatic carbocycles. The number of amides is 2. The van der Waals surface area contributed by atoms with Crippen LogP contribution in [-0.4, -0.2) is 51.9 Å². The zero-order valence-electron chi connectivity index (χ0n) is 28.1. The van der Waals surface area contributed by atoms with Gasteiger partial charge < -0.3 is 25.4 Å². The van der Waals surface area contributed by atoms with Crippen molar-refractivity contribution >= 4 is 22.6 Å². The highest BCUT2D eigenvalue weighted by Crippen LogP contribution is 2.24. The van der Waals surface area contributed by atoms with Crippen LogP contribution in [-0.2, 0) is 24.4 Å². The highest BCUT2D eigenvalue weighted by atomic mass is 16.2. The average Bonchev–Trinajstić information content (AvgIpc) is 3.51. The first-order valence-electron chi connectivity index (χ1n) is 17.0. The SMILES string of the molecule is CCCN(CCC)CCC[C@H](NC(=O)c1ccc(CNCc2nccn2CCC)cc1)C(=O)N[C@@H](C)c1cccc2ccccc12. The predicted octanol–water partition coefficient (Wildman–Crippen LogP) is 6.61. The molecule has 0 unspecified atom stereocenters. The maximum absolute atomic E-state index is 13.7. The fourth-order valence-electron chi connectivity index (χ4n) is 6.06. The van der Waals surface area contributed by atoms with E-state index >= 15 is 0 Å². The molecule has 8 nitrogen and oxygen atoms in total. The largest absolute Gasteiger partial charge is 0.348 e. The summed E-state index contributed by atoms with van der Waals surface area (Å²) >= 11 is 0. The third-order valence-electron chi connectivity index (χ3n) is 8.41. The lowest BCUT2D eigenvalue weighted by atomic mass is 9.99. The second-order valence-corrected chi connectivity index (χ2v) is 12.1. The molecule has 0 aliphatic heterocycles. The van der Waals surface area contributed by atoms with Crippen molar-refractivity contribution in [2.45, 2.75) is 91.5 Å². The fourth-order valence-corrected chi connectivity index (χ4v) is 6.06. The van der Waals surface area contributed by atoms with Crippen molar-refractivity contribution in [2.24, 2.45) is 0 Å². The molecule has 8 heteroatoms. The first kappa shape index (κ1) is 34.9. The Bertz CT molecular complexity index is 1500. The molecule has 4 rings (SSSR count). The van der Waals surface area contributed by atoms with Gasteiger partial charge in [-0.15, -0.1) is 0 Å². The molecule has 0 spiro atoms. The number of carbonyl (C=O) groups is 2. The minimum absolute atomic E-state index is 0.159. The molecule has 246 valence electrons. The lowest BCUT2D eigenvalue weighted by Crippen LogP contribution is -2.47. The molecule has 2 atom stereocenters. The molecule has 46 heavy (non-hydrogen) atoms. The Morgan fingerprint density at radius 1 is 0.848 bits per heavy atom. The molecule has 3 aromatic carbocycles. The van der Waals surface area contributed by atoms with Gasteiger partial charge in [0.1, 0.15) is 11.9 Å². The summed E-state index contributed by atoms with van der Waals surface area (Å²) in [5.74, 6) is 0.621. The molecule has 0 radical (unpaired) electrons. The van der Waals surface area contributed by atoms with Crippen molar-refractivity contribution in [2.75, 3.05) is 19.6 Å². The Kier molecular flexibility index (Phi) is 13.8. The quantitative estimate of drug-likeness (QED) is 0.109. The molecule has 3 N–H and O–H groups in total. The van der Waals surface area contributed by atoms with Gasteiger partial charge in [0.15, 0.2) is 0 Å². The second-order valence-electron chi connectivity index (χ2n) is 12.1. The number of nitrogens with zero attached hydrogens (tertiary/aromatic N) is 3. The van der Waals surface area contributed by atoms with Crippen LogP contribution in [0.25, 0.3) is 10.8 Å². The number of benzene rings is 3. The van der Waals surface area contributed by atoms with Gasteiger partial charge in [0, 0.05) is 31.0 Å². The van der Waals surface area contributed by atoms with Crippen LogP contribution in [0.1, 0.15) is 93.2 Å². The number of nitrogens with one attached hydrogen (secondary N) is 3. The van der Waals surface area contributed by atoms with Crippen LogP contribution in [0.3, 0.4) is 0 Å². The van der Waals surface area contributed by atoms with E-state index in [1.54, 1.807) is 0 Å². The summed E-state index contributed by atoms with van der Waals surface area (Å²) in [7, 11) is 0. The van der Waals surface area contributed by atoms with Gasteiger partial charge in [-0.25, -0.2) is 4.98 Å². The molecule has 0 aliphatic rings. The summed E-state index contributed by atoms with van der Waals surface area (Å²) in [6.45, 7) is 13.8. The molecule has 2 amide bonds. The van der Waals surface area contributed by atoms with Gasteiger partial charge in [-0.05, 0) is 92.7 Å². The van der Waals surface area contributed by atoms with Gasteiger partial charge in [-0.3, -0.25) is 9.59 Å². The molecule has 0 saturated heterocycles. The lowest BCUT2D eigenvalue weighted by Gasteiger charge is -2.25. The number of rotatable bonds is 19. The van der Waals surface area contributed by atoms with Crippen LogP contribution in [0, 0.1) is 0 Å². The van der Waals surface area contributed by atoms with E-state index in [0.717, 1.165) is 79.6 Å². The minimum Gasteiger partial charge on any atom is -0.348 e. The summed E-state index contributed by atoms with van der Waals surface area (Å²) in [6, 6.07) is 21.1. The number of aromatic nitrogens is 2. The zero-order valence-corrected chi connectivity index (χ0v) is 28.1.